The average Bonchev–Trinajstić information content (AvgIpc) is 2.32. The predicted octanol–water partition coefficient (Wildman–Crippen LogP) is 1.28. The number of hydroxylamine groups is 2. The molecule has 0 amide bonds. The number of carbonyl (C=O) groups excluding carboxylic acids is 1. The minimum absolute atomic E-state index is 0.130. The van der Waals surface area contributed by atoms with Crippen molar-refractivity contribution in [2.24, 2.45) is 0 Å². The summed E-state index contributed by atoms with van der Waals surface area (Å²) < 4.78 is 28.9. The van der Waals surface area contributed by atoms with Gasteiger partial charge in [0.2, 0.25) is 0 Å². The van der Waals surface area contributed by atoms with Crippen molar-refractivity contribution in [3.05, 3.63) is 29.8 Å². The Kier molecular flexibility index (Phi) is 3.79. The van der Waals surface area contributed by atoms with Crippen molar-refractivity contribution in [3.63, 3.8) is 0 Å². The number of rotatable bonds is 3. The van der Waals surface area contributed by atoms with E-state index in [1.807, 2.05) is 6.92 Å². The Bertz CT molecular complexity index is 526. The molecule has 1 aromatic rings. The Hall–Kier alpha value is -1.24. The molecule has 1 aliphatic heterocycles. The highest BCUT2D eigenvalue weighted by atomic mass is 32.2. The average molecular weight is 269 g/mol. The third-order valence-electron chi connectivity index (χ3n) is 2.79. The quantitative estimate of drug-likeness (QED) is 0.827. The Morgan fingerprint density at radius 3 is 2.22 bits per heavy atom. The van der Waals surface area contributed by atoms with E-state index in [1.165, 1.54) is 17.2 Å². The van der Waals surface area contributed by atoms with Gasteiger partial charge < -0.3 is 0 Å². The highest BCUT2D eigenvalue weighted by Gasteiger charge is 2.24. The molecule has 0 aromatic heterocycles. The summed E-state index contributed by atoms with van der Waals surface area (Å²) >= 11 is 0. The minimum Gasteiger partial charge on any atom is -0.300 e. The van der Waals surface area contributed by atoms with Gasteiger partial charge in [0, 0.05) is 25.9 Å². The number of hydrogen-bond acceptors (Lipinski definition) is 5. The Balaban J connectivity index is 2.07. The predicted molar refractivity (Wildman–Crippen MR) is 65.3 cm³/mol. The van der Waals surface area contributed by atoms with Crippen molar-refractivity contribution in [1.29, 1.82) is 0 Å². The van der Waals surface area contributed by atoms with Crippen LogP contribution in [0.25, 0.3) is 0 Å². The van der Waals surface area contributed by atoms with E-state index < -0.39 is 10.1 Å². The van der Waals surface area contributed by atoms with E-state index in [0.29, 0.717) is 25.9 Å². The summed E-state index contributed by atoms with van der Waals surface area (Å²) in [5, 5.41) is 1.33. The fourth-order valence-electron chi connectivity index (χ4n) is 1.70. The van der Waals surface area contributed by atoms with E-state index in [2.05, 4.69) is 0 Å². The van der Waals surface area contributed by atoms with Crippen molar-refractivity contribution in [2.45, 2.75) is 24.7 Å². The lowest BCUT2D eigenvalue weighted by atomic mass is 10.1. The highest BCUT2D eigenvalue weighted by Crippen LogP contribution is 2.16. The fourth-order valence-corrected chi connectivity index (χ4v) is 2.68. The van der Waals surface area contributed by atoms with Crippen LogP contribution in [-0.2, 0) is 19.2 Å². The van der Waals surface area contributed by atoms with Gasteiger partial charge in [-0.25, -0.2) is 0 Å². The SMILES string of the molecule is Cc1ccc(S(=O)(=O)ON2CCC(=O)CC2)cc1. The molecule has 6 heteroatoms. The van der Waals surface area contributed by atoms with Gasteiger partial charge >= 0.3 is 10.1 Å². The summed E-state index contributed by atoms with van der Waals surface area (Å²) in [7, 11) is -3.78. The van der Waals surface area contributed by atoms with Gasteiger partial charge in [-0.3, -0.25) is 4.79 Å². The molecule has 1 saturated heterocycles. The van der Waals surface area contributed by atoms with Crippen LogP contribution in [0.5, 0.6) is 0 Å². The molecule has 1 aromatic carbocycles. The molecule has 1 aliphatic rings. The van der Waals surface area contributed by atoms with E-state index in [0.717, 1.165) is 5.56 Å². The standard InChI is InChI=1S/C12H15NO4S/c1-10-2-4-12(5-3-10)18(15,16)17-13-8-6-11(14)7-9-13/h2-5H,6-9H2,1H3. The van der Waals surface area contributed by atoms with E-state index >= 15 is 0 Å². The monoisotopic (exact) mass is 269 g/mol. The van der Waals surface area contributed by atoms with Gasteiger partial charge in [-0.2, -0.15) is 17.8 Å². The smallest absolute Gasteiger partial charge is 0.300 e. The third kappa shape index (κ3) is 3.16. The van der Waals surface area contributed by atoms with E-state index in [9.17, 15) is 13.2 Å². The van der Waals surface area contributed by atoms with Gasteiger partial charge in [0.15, 0.2) is 0 Å². The lowest BCUT2D eigenvalue weighted by molar-refractivity contribution is -0.130. The maximum atomic E-state index is 11.9. The van der Waals surface area contributed by atoms with Gasteiger partial charge in [0.25, 0.3) is 0 Å². The first-order valence-electron chi connectivity index (χ1n) is 5.75. The second-order valence-electron chi connectivity index (χ2n) is 4.31. The topological polar surface area (TPSA) is 63.7 Å². The highest BCUT2D eigenvalue weighted by molar-refractivity contribution is 7.86. The van der Waals surface area contributed by atoms with Gasteiger partial charge in [-0.05, 0) is 19.1 Å². The molecule has 5 nitrogen and oxygen atoms in total. The van der Waals surface area contributed by atoms with E-state index in [4.69, 9.17) is 4.28 Å². The van der Waals surface area contributed by atoms with Crippen LogP contribution < -0.4 is 0 Å². The van der Waals surface area contributed by atoms with Crippen LogP contribution in [0.2, 0.25) is 0 Å². The molecular formula is C12H15NO4S. The number of piperidine rings is 1. The molecule has 18 heavy (non-hydrogen) atoms. The number of hydrogen-bond donors (Lipinski definition) is 0. The molecule has 0 spiro atoms. The van der Waals surface area contributed by atoms with Crippen molar-refractivity contribution >= 4 is 15.9 Å². The summed E-state index contributed by atoms with van der Waals surface area (Å²) in [6.07, 6.45) is 0.673. The number of Topliss-reactive ketones (excluding diaryl/α,β-unsaturated/α-hetero) is 1. The summed E-state index contributed by atoms with van der Waals surface area (Å²) in [6.45, 7) is 2.53. The molecule has 2 rings (SSSR count). The van der Waals surface area contributed by atoms with Gasteiger partial charge in [-0.1, -0.05) is 17.7 Å². The maximum absolute atomic E-state index is 11.9. The third-order valence-corrected chi connectivity index (χ3v) is 4.05. The van der Waals surface area contributed by atoms with Gasteiger partial charge in [-0.15, -0.1) is 0 Å². The second-order valence-corrected chi connectivity index (χ2v) is 5.84. The zero-order valence-electron chi connectivity index (χ0n) is 10.1. The molecule has 0 atom stereocenters. The molecule has 98 valence electrons. The van der Waals surface area contributed by atoms with E-state index in [1.54, 1.807) is 12.1 Å². The van der Waals surface area contributed by atoms with Gasteiger partial charge in [0.1, 0.15) is 5.78 Å². The van der Waals surface area contributed by atoms with Crippen LogP contribution in [0, 0.1) is 6.92 Å². The molecular weight excluding hydrogens is 254 g/mol. The summed E-state index contributed by atoms with van der Waals surface area (Å²) in [5.41, 5.74) is 0.984. The van der Waals surface area contributed by atoms with E-state index in [-0.39, 0.29) is 10.7 Å². The summed E-state index contributed by atoms with van der Waals surface area (Å²) in [5.74, 6) is 0.141. The number of aryl methyl sites for hydroxylation is 1. The largest absolute Gasteiger partial charge is 0.313 e. The van der Waals surface area contributed by atoms with Gasteiger partial charge in [0.05, 0.1) is 4.90 Å². The van der Waals surface area contributed by atoms with Crippen LogP contribution in [-0.4, -0.2) is 32.4 Å². The fraction of sp³-hybridized carbons (Fsp3) is 0.417. The van der Waals surface area contributed by atoms with Crippen LogP contribution in [0.1, 0.15) is 18.4 Å². The molecule has 1 fully saturated rings. The minimum atomic E-state index is -3.78. The lowest BCUT2D eigenvalue weighted by Gasteiger charge is -2.23. The van der Waals surface area contributed by atoms with Crippen molar-refractivity contribution in [3.8, 4) is 0 Å². The maximum Gasteiger partial charge on any atom is 0.313 e. The van der Waals surface area contributed by atoms with Crippen LogP contribution in [0.4, 0.5) is 0 Å². The zero-order valence-corrected chi connectivity index (χ0v) is 10.9. The first kappa shape index (κ1) is 13.2. The van der Waals surface area contributed by atoms with Crippen molar-refractivity contribution in [2.75, 3.05) is 13.1 Å². The van der Waals surface area contributed by atoms with Crippen LogP contribution in [0.15, 0.2) is 29.2 Å². The first-order chi connectivity index (χ1) is 8.47. The van der Waals surface area contributed by atoms with Crippen molar-refractivity contribution in [1.82, 2.24) is 5.06 Å². The number of ketones is 1. The molecule has 0 bridgehead atoms. The molecule has 0 N–H and O–H groups in total. The first-order valence-corrected chi connectivity index (χ1v) is 7.16. The number of carbonyl (C=O) groups is 1. The second kappa shape index (κ2) is 5.17. The Morgan fingerprint density at radius 2 is 1.67 bits per heavy atom. The molecule has 0 saturated carbocycles. The zero-order chi connectivity index (χ0) is 13.2. The number of benzene rings is 1. The Morgan fingerprint density at radius 1 is 1.11 bits per heavy atom. The summed E-state index contributed by atoms with van der Waals surface area (Å²) in [4.78, 5) is 11.2. The van der Waals surface area contributed by atoms with Crippen LogP contribution >= 0.6 is 0 Å². The lowest BCUT2D eigenvalue weighted by Crippen LogP contribution is -2.35. The number of nitrogens with zero attached hydrogens (tertiary/aromatic N) is 1. The van der Waals surface area contributed by atoms with Crippen LogP contribution in [0.3, 0.4) is 0 Å². The normalized spacial score (nSPS) is 17.9. The molecule has 1 heterocycles. The summed E-state index contributed by atoms with van der Waals surface area (Å²) in [6, 6.07) is 6.46. The van der Waals surface area contributed by atoms with Crippen molar-refractivity contribution < 1.29 is 17.5 Å². The molecule has 0 radical (unpaired) electrons. The molecule has 0 unspecified atom stereocenters. The Labute approximate surface area is 106 Å². The molecule has 0 aliphatic carbocycles.